The maximum Gasteiger partial charge on any atom is 0.320 e. The molecule has 76 valence electrons. The molecule has 1 aromatic carbocycles. The van der Waals surface area contributed by atoms with Gasteiger partial charge < -0.3 is 15.9 Å². The molecule has 0 aliphatic heterocycles. The molecule has 0 bridgehead atoms. The lowest BCUT2D eigenvalue weighted by atomic mass is 10.1. The first-order valence-corrected chi connectivity index (χ1v) is 5.04. The quantitative estimate of drug-likeness (QED) is 0.726. The van der Waals surface area contributed by atoms with Crippen molar-refractivity contribution in [3.8, 4) is 5.75 Å². The van der Waals surface area contributed by atoms with Gasteiger partial charge in [0.15, 0.2) is 0 Å². The molecule has 0 unspecified atom stereocenters. The number of phenolic OH excluding ortho intramolecular Hbond substituents is 1. The van der Waals surface area contributed by atoms with Gasteiger partial charge in [-0.05, 0) is 52.8 Å². The van der Waals surface area contributed by atoms with Gasteiger partial charge in [0.1, 0.15) is 11.8 Å². The van der Waals surface area contributed by atoms with Crippen molar-refractivity contribution in [3.05, 3.63) is 27.3 Å². The van der Waals surface area contributed by atoms with Crippen molar-refractivity contribution < 1.29 is 15.0 Å². The number of carbonyl (C=O) groups is 1. The van der Waals surface area contributed by atoms with Crippen LogP contribution in [0.2, 0.25) is 0 Å². The Balaban J connectivity index is 2.85. The Morgan fingerprint density at radius 3 is 2.79 bits per heavy atom. The lowest BCUT2D eigenvalue weighted by Crippen LogP contribution is -2.32. The van der Waals surface area contributed by atoms with Crippen molar-refractivity contribution in [2.24, 2.45) is 5.73 Å². The van der Waals surface area contributed by atoms with E-state index >= 15 is 0 Å². The van der Waals surface area contributed by atoms with Crippen molar-refractivity contribution in [1.82, 2.24) is 0 Å². The first-order chi connectivity index (χ1) is 6.50. The molecule has 4 nitrogen and oxygen atoms in total. The molecule has 0 aliphatic carbocycles. The number of carboxylic acids is 1. The van der Waals surface area contributed by atoms with Crippen LogP contribution in [0.3, 0.4) is 0 Å². The number of rotatable bonds is 3. The molecule has 0 fully saturated rings. The van der Waals surface area contributed by atoms with Gasteiger partial charge in [-0.25, -0.2) is 0 Å². The highest BCUT2D eigenvalue weighted by Gasteiger charge is 2.14. The Bertz CT molecular complexity index is 354. The number of phenols is 1. The second-order valence-electron chi connectivity index (χ2n) is 2.92. The molecule has 0 aliphatic rings. The van der Waals surface area contributed by atoms with E-state index in [1.807, 2.05) is 0 Å². The minimum absolute atomic E-state index is 0.123. The molecule has 0 heterocycles. The fourth-order valence-corrected chi connectivity index (χ4v) is 1.60. The van der Waals surface area contributed by atoms with Gasteiger partial charge in [0.2, 0.25) is 0 Å². The topological polar surface area (TPSA) is 83.5 Å². The third-order valence-electron chi connectivity index (χ3n) is 1.79. The van der Waals surface area contributed by atoms with E-state index in [1.54, 1.807) is 12.1 Å². The average Bonchev–Trinajstić information content (AvgIpc) is 2.11. The maximum atomic E-state index is 10.5. The van der Waals surface area contributed by atoms with Crippen LogP contribution < -0.4 is 5.73 Å². The van der Waals surface area contributed by atoms with Crippen LogP contribution in [-0.4, -0.2) is 22.2 Å². The van der Waals surface area contributed by atoms with E-state index in [0.29, 0.717) is 0 Å². The van der Waals surface area contributed by atoms with Crippen molar-refractivity contribution >= 4 is 28.6 Å². The third-order valence-corrected chi connectivity index (χ3v) is 2.84. The summed E-state index contributed by atoms with van der Waals surface area (Å²) in [6, 6.07) is 3.88. The molecule has 0 saturated carbocycles. The van der Waals surface area contributed by atoms with E-state index in [4.69, 9.17) is 10.8 Å². The summed E-state index contributed by atoms with van der Waals surface area (Å²) in [4.78, 5) is 10.5. The summed E-state index contributed by atoms with van der Waals surface area (Å²) in [6.45, 7) is 0. The van der Waals surface area contributed by atoms with E-state index in [-0.39, 0.29) is 12.2 Å². The largest absolute Gasteiger partial charge is 0.508 e. The Morgan fingerprint density at radius 1 is 1.57 bits per heavy atom. The SMILES string of the molecule is N[C@@H](Cc1cc(O)ccc1[123I])C(=O)O. The Hall–Kier alpha value is -0.820. The Morgan fingerprint density at radius 2 is 2.21 bits per heavy atom. The Kier molecular flexibility index (Phi) is 3.70. The zero-order chi connectivity index (χ0) is 10.7. The molecule has 0 saturated heterocycles. The molecule has 4 N–H and O–H groups in total. The second-order valence-corrected chi connectivity index (χ2v) is 4.09. The predicted molar refractivity (Wildman–Crippen MR) is 60.1 cm³/mol. The summed E-state index contributed by atoms with van der Waals surface area (Å²) >= 11 is 2.07. The van der Waals surface area contributed by atoms with Crippen LogP contribution in [-0.2, 0) is 11.2 Å². The van der Waals surface area contributed by atoms with Crippen molar-refractivity contribution in [3.63, 3.8) is 0 Å². The summed E-state index contributed by atoms with van der Waals surface area (Å²) in [5.41, 5.74) is 6.13. The number of hydrogen-bond donors (Lipinski definition) is 3. The highest BCUT2D eigenvalue weighted by Crippen LogP contribution is 2.19. The zero-order valence-electron chi connectivity index (χ0n) is 7.27. The molecule has 14 heavy (non-hydrogen) atoms. The van der Waals surface area contributed by atoms with Gasteiger partial charge >= 0.3 is 5.97 Å². The van der Waals surface area contributed by atoms with Crippen LogP contribution in [0.15, 0.2) is 18.2 Å². The lowest BCUT2D eigenvalue weighted by molar-refractivity contribution is -0.138. The summed E-state index contributed by atoms with van der Waals surface area (Å²) in [6.07, 6.45) is 0.224. The van der Waals surface area contributed by atoms with Gasteiger partial charge in [0.05, 0.1) is 0 Å². The molecule has 0 aromatic heterocycles. The minimum Gasteiger partial charge on any atom is -0.508 e. The third kappa shape index (κ3) is 2.85. The number of halogens is 1. The fourth-order valence-electron chi connectivity index (χ4n) is 1.04. The zero-order valence-corrected chi connectivity index (χ0v) is 9.43. The molecular weight excluding hydrogens is 293 g/mol. The molecule has 0 radical (unpaired) electrons. The van der Waals surface area contributed by atoms with Crippen LogP contribution in [0, 0.1) is 3.57 Å². The summed E-state index contributed by atoms with van der Waals surface area (Å²) in [5.74, 6) is -0.915. The average molecular weight is 303 g/mol. The standard InChI is InChI=1S/C9H10INO3/c10-7-2-1-6(12)3-5(7)4-8(11)9(13)14/h1-3,8,12H,4,11H2,(H,13,14)/t8-/m0/s1/i10-4. The number of aliphatic carboxylic acids is 1. The first-order valence-electron chi connectivity index (χ1n) is 3.96. The number of benzene rings is 1. The summed E-state index contributed by atoms with van der Waals surface area (Å²) in [7, 11) is 0. The lowest BCUT2D eigenvalue weighted by Gasteiger charge is -2.08. The summed E-state index contributed by atoms with van der Waals surface area (Å²) < 4.78 is 0.900. The predicted octanol–water partition coefficient (Wildman–Crippen LogP) is 0.951. The summed E-state index contributed by atoms with van der Waals surface area (Å²) in [5, 5.41) is 17.8. The second kappa shape index (κ2) is 4.61. The number of carboxylic acid groups (broad SMARTS) is 1. The molecule has 1 atom stereocenters. The van der Waals surface area contributed by atoms with E-state index in [1.165, 1.54) is 6.07 Å². The van der Waals surface area contributed by atoms with Crippen molar-refractivity contribution in [2.75, 3.05) is 0 Å². The Labute approximate surface area is 94.9 Å². The number of hydrogen-bond acceptors (Lipinski definition) is 3. The smallest absolute Gasteiger partial charge is 0.320 e. The monoisotopic (exact) mass is 303 g/mol. The first kappa shape index (κ1) is 11.3. The van der Waals surface area contributed by atoms with Gasteiger partial charge in [-0.15, -0.1) is 0 Å². The maximum absolute atomic E-state index is 10.5. The molecule has 0 spiro atoms. The van der Waals surface area contributed by atoms with Crippen LogP contribution in [0.4, 0.5) is 0 Å². The van der Waals surface area contributed by atoms with Crippen LogP contribution >= 0.6 is 22.6 Å². The molecule has 1 aromatic rings. The van der Waals surface area contributed by atoms with Crippen LogP contribution in [0.5, 0.6) is 5.75 Å². The van der Waals surface area contributed by atoms with Gasteiger partial charge in [-0.3, -0.25) is 4.79 Å². The number of nitrogens with two attached hydrogens (primary N) is 1. The van der Waals surface area contributed by atoms with Crippen molar-refractivity contribution in [2.45, 2.75) is 12.5 Å². The molecule has 1 rings (SSSR count). The van der Waals surface area contributed by atoms with Gasteiger partial charge in [-0.1, -0.05) is 0 Å². The van der Waals surface area contributed by atoms with E-state index in [0.717, 1.165) is 9.13 Å². The normalized spacial score (nSPS) is 12.4. The van der Waals surface area contributed by atoms with E-state index in [2.05, 4.69) is 22.6 Å². The fraction of sp³-hybridized carbons (Fsp3) is 0.222. The highest BCUT2D eigenvalue weighted by molar-refractivity contribution is 14.1. The molecule has 0 amide bonds. The van der Waals surface area contributed by atoms with Gasteiger partial charge in [0, 0.05) is 3.57 Å². The van der Waals surface area contributed by atoms with E-state index in [9.17, 15) is 9.90 Å². The van der Waals surface area contributed by atoms with E-state index < -0.39 is 12.0 Å². The van der Waals surface area contributed by atoms with Gasteiger partial charge in [-0.2, -0.15) is 0 Å². The minimum atomic E-state index is -1.04. The van der Waals surface area contributed by atoms with Gasteiger partial charge in [0.25, 0.3) is 0 Å². The van der Waals surface area contributed by atoms with Crippen molar-refractivity contribution in [1.29, 1.82) is 0 Å². The highest BCUT2D eigenvalue weighted by atomic mass is 123. The molecule has 5 heteroatoms. The number of aromatic hydroxyl groups is 1. The van der Waals surface area contributed by atoms with Crippen LogP contribution in [0.25, 0.3) is 0 Å². The van der Waals surface area contributed by atoms with Crippen LogP contribution in [0.1, 0.15) is 5.56 Å². The molecular formula is C9H10INO3.